The summed E-state index contributed by atoms with van der Waals surface area (Å²) in [6.07, 6.45) is 4.30. The molecule has 2 rings (SSSR count). The number of phenolic OH excluding ortho intramolecular Hbond substituents is 2. The third-order valence-corrected chi connectivity index (χ3v) is 4.42. The first-order valence-electron chi connectivity index (χ1n) is 8.59. The number of rotatable bonds is 6. The first-order valence-corrected chi connectivity index (χ1v) is 8.59. The molecule has 0 saturated heterocycles. The van der Waals surface area contributed by atoms with Crippen LogP contribution in [-0.4, -0.2) is 10.2 Å². The van der Waals surface area contributed by atoms with E-state index in [1.165, 1.54) is 12.0 Å². The standard InChI is InChI=1S/C21H28O2/c1-5-6-7-8-16-11-19(22)21(20(23)12-16)18-13-17(14(2)3)10-9-15(18)4/h9-14,22-23H,5-8H2,1-4H3. The zero-order chi connectivity index (χ0) is 17.0. The maximum atomic E-state index is 10.5. The number of aryl methyl sites for hydroxylation is 2. The fourth-order valence-electron chi connectivity index (χ4n) is 2.94. The first-order chi connectivity index (χ1) is 10.9. The van der Waals surface area contributed by atoms with Crippen molar-refractivity contribution in [3.63, 3.8) is 0 Å². The molecule has 0 aliphatic rings. The van der Waals surface area contributed by atoms with Crippen LogP contribution in [0.2, 0.25) is 0 Å². The lowest BCUT2D eigenvalue weighted by molar-refractivity contribution is 0.452. The smallest absolute Gasteiger partial charge is 0.127 e. The molecule has 2 aromatic rings. The van der Waals surface area contributed by atoms with Crippen LogP contribution in [0.3, 0.4) is 0 Å². The van der Waals surface area contributed by atoms with Crippen molar-refractivity contribution in [2.24, 2.45) is 0 Å². The van der Waals surface area contributed by atoms with Crippen molar-refractivity contribution < 1.29 is 10.2 Å². The topological polar surface area (TPSA) is 40.5 Å². The van der Waals surface area contributed by atoms with E-state index in [0.717, 1.165) is 36.0 Å². The highest BCUT2D eigenvalue weighted by Crippen LogP contribution is 2.41. The molecule has 0 spiro atoms. The van der Waals surface area contributed by atoms with Gasteiger partial charge in [-0.05, 0) is 60.1 Å². The molecule has 0 saturated carbocycles. The van der Waals surface area contributed by atoms with E-state index in [1.54, 1.807) is 12.1 Å². The molecule has 0 heterocycles. The van der Waals surface area contributed by atoms with E-state index in [0.29, 0.717) is 11.5 Å². The molecule has 0 unspecified atom stereocenters. The van der Waals surface area contributed by atoms with Crippen LogP contribution in [0, 0.1) is 6.92 Å². The molecule has 2 heteroatoms. The van der Waals surface area contributed by atoms with Gasteiger partial charge in [-0.15, -0.1) is 0 Å². The zero-order valence-electron chi connectivity index (χ0n) is 14.7. The molecule has 23 heavy (non-hydrogen) atoms. The summed E-state index contributed by atoms with van der Waals surface area (Å²) in [5.74, 6) is 0.743. The van der Waals surface area contributed by atoms with Gasteiger partial charge in [0.05, 0.1) is 5.56 Å². The summed E-state index contributed by atoms with van der Waals surface area (Å²) >= 11 is 0. The predicted octanol–water partition coefficient (Wildman–Crippen LogP) is 5.93. The van der Waals surface area contributed by atoms with Crippen LogP contribution in [0.1, 0.15) is 62.6 Å². The minimum atomic E-state index is 0.167. The monoisotopic (exact) mass is 312 g/mol. The van der Waals surface area contributed by atoms with Gasteiger partial charge >= 0.3 is 0 Å². The summed E-state index contributed by atoms with van der Waals surface area (Å²) in [7, 11) is 0. The van der Waals surface area contributed by atoms with Gasteiger partial charge in [0.15, 0.2) is 0 Å². The molecule has 2 nitrogen and oxygen atoms in total. The Morgan fingerprint density at radius 2 is 1.61 bits per heavy atom. The Morgan fingerprint density at radius 3 is 2.17 bits per heavy atom. The lowest BCUT2D eigenvalue weighted by Crippen LogP contribution is -1.93. The van der Waals surface area contributed by atoms with Crippen molar-refractivity contribution >= 4 is 0 Å². The molecule has 0 atom stereocenters. The van der Waals surface area contributed by atoms with Gasteiger partial charge in [-0.2, -0.15) is 0 Å². The zero-order valence-corrected chi connectivity index (χ0v) is 14.7. The molecule has 0 bridgehead atoms. The van der Waals surface area contributed by atoms with E-state index >= 15 is 0 Å². The van der Waals surface area contributed by atoms with E-state index in [2.05, 4.69) is 39.0 Å². The fourth-order valence-corrected chi connectivity index (χ4v) is 2.94. The molecule has 2 N–H and O–H groups in total. The Hall–Kier alpha value is -1.96. The first kappa shape index (κ1) is 17.4. The van der Waals surface area contributed by atoms with E-state index in [9.17, 15) is 10.2 Å². The number of unbranched alkanes of at least 4 members (excludes halogenated alkanes) is 2. The third-order valence-electron chi connectivity index (χ3n) is 4.42. The summed E-state index contributed by atoms with van der Waals surface area (Å²) < 4.78 is 0. The molecular formula is C21H28O2. The van der Waals surface area contributed by atoms with Crippen LogP contribution in [0.15, 0.2) is 30.3 Å². The minimum Gasteiger partial charge on any atom is -0.507 e. The Kier molecular flexibility index (Phi) is 5.70. The van der Waals surface area contributed by atoms with Crippen molar-refractivity contribution in [3.8, 4) is 22.6 Å². The number of benzene rings is 2. The van der Waals surface area contributed by atoms with Gasteiger partial charge in [-0.1, -0.05) is 51.8 Å². The van der Waals surface area contributed by atoms with Gasteiger partial charge in [0.25, 0.3) is 0 Å². The second-order valence-electron chi connectivity index (χ2n) is 6.70. The van der Waals surface area contributed by atoms with Crippen LogP contribution in [-0.2, 0) is 6.42 Å². The van der Waals surface area contributed by atoms with Crippen LogP contribution < -0.4 is 0 Å². The van der Waals surface area contributed by atoms with Gasteiger partial charge in [0.1, 0.15) is 11.5 Å². The predicted molar refractivity (Wildman–Crippen MR) is 97.3 cm³/mol. The van der Waals surface area contributed by atoms with Gasteiger partial charge in [-0.25, -0.2) is 0 Å². The van der Waals surface area contributed by atoms with Crippen LogP contribution in [0.5, 0.6) is 11.5 Å². The molecule has 2 aromatic carbocycles. The van der Waals surface area contributed by atoms with E-state index in [-0.39, 0.29) is 11.5 Å². The molecule has 0 radical (unpaired) electrons. The average molecular weight is 312 g/mol. The third kappa shape index (κ3) is 4.07. The molecule has 0 aliphatic heterocycles. The molecule has 0 amide bonds. The Balaban J connectivity index is 2.42. The van der Waals surface area contributed by atoms with Crippen molar-refractivity contribution in [1.82, 2.24) is 0 Å². The highest BCUT2D eigenvalue weighted by molar-refractivity contribution is 5.79. The van der Waals surface area contributed by atoms with Crippen LogP contribution >= 0.6 is 0 Å². The minimum absolute atomic E-state index is 0.167. The van der Waals surface area contributed by atoms with E-state index < -0.39 is 0 Å². The van der Waals surface area contributed by atoms with Gasteiger partial charge in [-0.3, -0.25) is 0 Å². The Bertz CT molecular complexity index is 649. The van der Waals surface area contributed by atoms with E-state index in [4.69, 9.17) is 0 Å². The van der Waals surface area contributed by atoms with Gasteiger partial charge in [0.2, 0.25) is 0 Å². The highest BCUT2D eigenvalue weighted by Gasteiger charge is 2.15. The summed E-state index contributed by atoms with van der Waals surface area (Å²) in [5, 5.41) is 21.0. The molecular weight excluding hydrogens is 284 g/mol. The van der Waals surface area contributed by atoms with Crippen molar-refractivity contribution in [2.45, 2.75) is 59.3 Å². The Labute approximate surface area is 139 Å². The number of hydrogen-bond acceptors (Lipinski definition) is 2. The quantitative estimate of drug-likeness (QED) is 0.649. The second-order valence-corrected chi connectivity index (χ2v) is 6.70. The summed E-state index contributed by atoms with van der Waals surface area (Å²) in [6, 6.07) is 9.83. The SMILES string of the molecule is CCCCCc1cc(O)c(-c2cc(C(C)C)ccc2C)c(O)c1. The summed E-state index contributed by atoms with van der Waals surface area (Å²) in [4.78, 5) is 0. The Morgan fingerprint density at radius 1 is 0.957 bits per heavy atom. The van der Waals surface area contributed by atoms with Crippen molar-refractivity contribution in [2.75, 3.05) is 0 Å². The second kappa shape index (κ2) is 7.54. The maximum absolute atomic E-state index is 10.5. The lowest BCUT2D eigenvalue weighted by atomic mass is 9.92. The lowest BCUT2D eigenvalue weighted by Gasteiger charge is -2.15. The van der Waals surface area contributed by atoms with E-state index in [1.807, 2.05) is 6.92 Å². The summed E-state index contributed by atoms with van der Waals surface area (Å²) in [5.41, 5.74) is 4.71. The molecule has 0 fully saturated rings. The van der Waals surface area contributed by atoms with Gasteiger partial charge in [0, 0.05) is 0 Å². The van der Waals surface area contributed by atoms with Gasteiger partial charge < -0.3 is 10.2 Å². The summed E-state index contributed by atoms with van der Waals surface area (Å²) in [6.45, 7) is 8.46. The largest absolute Gasteiger partial charge is 0.507 e. The molecule has 0 aliphatic carbocycles. The van der Waals surface area contributed by atoms with Crippen molar-refractivity contribution in [1.29, 1.82) is 0 Å². The van der Waals surface area contributed by atoms with Crippen LogP contribution in [0.4, 0.5) is 0 Å². The average Bonchev–Trinajstić information content (AvgIpc) is 2.48. The molecule has 124 valence electrons. The van der Waals surface area contributed by atoms with Crippen molar-refractivity contribution in [3.05, 3.63) is 47.0 Å². The molecule has 0 aromatic heterocycles. The highest BCUT2D eigenvalue weighted by atomic mass is 16.3. The number of aromatic hydroxyl groups is 2. The fraction of sp³-hybridized carbons (Fsp3) is 0.429. The number of hydrogen-bond donors (Lipinski definition) is 2. The number of phenols is 2. The maximum Gasteiger partial charge on any atom is 0.127 e. The van der Waals surface area contributed by atoms with Crippen LogP contribution in [0.25, 0.3) is 11.1 Å². The normalized spacial score (nSPS) is 11.2.